The van der Waals surface area contributed by atoms with Crippen LogP contribution < -0.4 is 9.80 Å². The first-order chi connectivity index (χ1) is 9.19. The summed E-state index contributed by atoms with van der Waals surface area (Å²) in [6.07, 6.45) is 3.47. The molecule has 0 N–H and O–H groups in total. The molecule has 5 heteroatoms. The van der Waals surface area contributed by atoms with Crippen molar-refractivity contribution in [3.8, 4) is 0 Å². The summed E-state index contributed by atoms with van der Waals surface area (Å²) < 4.78 is 1.83. The molecule has 1 rings (SSSR count). The number of unbranched alkanes of at least 4 members (excludes halogenated alkanes) is 1. The maximum atomic E-state index is 5.41. The van der Waals surface area contributed by atoms with Gasteiger partial charge >= 0.3 is 0 Å². The van der Waals surface area contributed by atoms with Gasteiger partial charge in [-0.05, 0) is 19.8 Å². The van der Waals surface area contributed by atoms with Gasteiger partial charge in [0.15, 0.2) is 0 Å². The largest absolute Gasteiger partial charge is 0.372 e. The Balaban J connectivity index is 2.61. The van der Waals surface area contributed by atoms with E-state index in [1.165, 1.54) is 6.42 Å². The molecule has 0 saturated heterocycles. The second-order valence-corrected chi connectivity index (χ2v) is 8.09. The number of nitrogens with zero attached hydrogens (tertiary/aromatic N) is 2. The van der Waals surface area contributed by atoms with Gasteiger partial charge < -0.3 is 9.80 Å². The van der Waals surface area contributed by atoms with Gasteiger partial charge in [-0.2, -0.15) is 12.6 Å². The summed E-state index contributed by atoms with van der Waals surface area (Å²) in [4.78, 5) is 4.44. The van der Waals surface area contributed by atoms with E-state index < -0.39 is 0 Å². The lowest BCUT2D eigenvalue weighted by Crippen LogP contribution is -2.27. The molecular formula is C15H26N2S3. The Hall–Kier alpha value is -0.130. The smallest absolute Gasteiger partial charge is 0.0834 e. The van der Waals surface area contributed by atoms with Crippen molar-refractivity contribution < 1.29 is 0 Å². The van der Waals surface area contributed by atoms with Crippen LogP contribution in [0.2, 0.25) is 0 Å². The molecule has 1 aromatic rings. The SMILES string of the molecule is CCN(C)c1c(N(C)CCCCC(C)(C)S)c(=S)c1=S. The van der Waals surface area contributed by atoms with Crippen molar-refractivity contribution in [1.82, 2.24) is 0 Å². The highest BCUT2D eigenvalue weighted by Crippen LogP contribution is 2.37. The van der Waals surface area contributed by atoms with Gasteiger partial charge in [0.2, 0.25) is 0 Å². The first-order valence-electron chi connectivity index (χ1n) is 7.17. The Kier molecular flexibility index (Phi) is 6.48. The highest BCUT2D eigenvalue weighted by atomic mass is 32.1. The third kappa shape index (κ3) is 4.43. The molecule has 0 aliphatic rings. The maximum Gasteiger partial charge on any atom is 0.0834 e. The van der Waals surface area contributed by atoms with Crippen molar-refractivity contribution in [2.45, 2.75) is 44.8 Å². The van der Waals surface area contributed by atoms with Crippen LogP contribution in [0.3, 0.4) is 0 Å². The molecule has 0 atom stereocenters. The summed E-state index contributed by atoms with van der Waals surface area (Å²) in [6.45, 7) is 8.42. The molecule has 2 nitrogen and oxygen atoms in total. The average molecular weight is 331 g/mol. The molecule has 0 amide bonds. The van der Waals surface area contributed by atoms with Crippen molar-refractivity contribution in [3.63, 3.8) is 0 Å². The third-order valence-corrected chi connectivity index (χ3v) is 4.78. The van der Waals surface area contributed by atoms with E-state index in [2.05, 4.69) is 57.3 Å². The fourth-order valence-electron chi connectivity index (χ4n) is 2.25. The zero-order chi connectivity index (χ0) is 15.5. The maximum absolute atomic E-state index is 5.41. The zero-order valence-electron chi connectivity index (χ0n) is 13.2. The monoisotopic (exact) mass is 330 g/mol. The van der Waals surface area contributed by atoms with Gasteiger partial charge in [0.05, 0.1) is 20.4 Å². The molecule has 1 aromatic carbocycles. The molecule has 0 aliphatic carbocycles. The summed E-state index contributed by atoms with van der Waals surface area (Å²) >= 11 is 15.3. The predicted molar refractivity (Wildman–Crippen MR) is 99.6 cm³/mol. The second-order valence-electron chi connectivity index (χ2n) is 6.06. The molecule has 0 heterocycles. The first-order valence-corrected chi connectivity index (χ1v) is 8.43. The van der Waals surface area contributed by atoms with Crippen molar-refractivity contribution in [1.29, 1.82) is 0 Å². The van der Waals surface area contributed by atoms with E-state index in [0.717, 1.165) is 46.3 Å². The van der Waals surface area contributed by atoms with Crippen LogP contribution >= 0.6 is 37.1 Å². The molecule has 0 bridgehead atoms. The van der Waals surface area contributed by atoms with Crippen molar-refractivity contribution in [3.05, 3.63) is 9.02 Å². The number of anilines is 2. The van der Waals surface area contributed by atoms with Crippen LogP contribution in [0.1, 0.15) is 40.0 Å². The van der Waals surface area contributed by atoms with Crippen molar-refractivity contribution in [2.24, 2.45) is 0 Å². The summed E-state index contributed by atoms with van der Waals surface area (Å²) in [5.41, 5.74) is 2.30. The fraction of sp³-hybridized carbons (Fsp3) is 0.733. The Bertz CT molecular complexity index is 510. The molecule has 0 aromatic heterocycles. The van der Waals surface area contributed by atoms with Gasteiger partial charge in [0.25, 0.3) is 0 Å². The number of hydrogen-bond donors (Lipinski definition) is 1. The predicted octanol–water partition coefficient (Wildman–Crippen LogP) is 4.79. The third-order valence-electron chi connectivity index (χ3n) is 3.63. The van der Waals surface area contributed by atoms with Crippen LogP contribution in [0, 0.1) is 9.02 Å². The minimum atomic E-state index is 0.124. The number of hydrogen-bond acceptors (Lipinski definition) is 5. The molecule has 0 aliphatic heterocycles. The summed E-state index contributed by atoms with van der Waals surface area (Å²) in [5.74, 6) is 0. The van der Waals surface area contributed by atoms with Crippen LogP contribution in [-0.2, 0) is 0 Å². The molecule has 20 heavy (non-hydrogen) atoms. The van der Waals surface area contributed by atoms with Gasteiger partial charge in [-0.25, -0.2) is 0 Å². The van der Waals surface area contributed by atoms with E-state index in [-0.39, 0.29) is 4.75 Å². The van der Waals surface area contributed by atoms with E-state index >= 15 is 0 Å². The Morgan fingerprint density at radius 2 is 1.50 bits per heavy atom. The van der Waals surface area contributed by atoms with E-state index in [4.69, 9.17) is 24.4 Å². The van der Waals surface area contributed by atoms with Gasteiger partial charge in [-0.15, -0.1) is 0 Å². The lowest BCUT2D eigenvalue weighted by molar-refractivity contribution is 0.580. The molecule has 0 unspecified atom stereocenters. The Morgan fingerprint density at radius 1 is 1.00 bits per heavy atom. The van der Waals surface area contributed by atoms with E-state index in [1.807, 2.05) is 0 Å². The highest BCUT2D eigenvalue weighted by molar-refractivity contribution is 7.81. The zero-order valence-corrected chi connectivity index (χ0v) is 15.7. The lowest BCUT2D eigenvalue weighted by atomic mass is 10.1. The van der Waals surface area contributed by atoms with Gasteiger partial charge in [-0.3, -0.25) is 0 Å². The lowest BCUT2D eigenvalue weighted by Gasteiger charge is -2.30. The van der Waals surface area contributed by atoms with Crippen molar-refractivity contribution >= 4 is 48.4 Å². The Morgan fingerprint density at radius 3 is 1.95 bits per heavy atom. The van der Waals surface area contributed by atoms with Crippen LogP contribution in [0.4, 0.5) is 11.4 Å². The topological polar surface area (TPSA) is 6.48 Å². The molecule has 0 fully saturated rings. The molecule has 0 saturated carbocycles. The van der Waals surface area contributed by atoms with E-state index in [0.29, 0.717) is 0 Å². The van der Waals surface area contributed by atoms with Crippen LogP contribution in [-0.4, -0.2) is 31.9 Å². The fourth-order valence-corrected chi connectivity index (χ4v) is 3.11. The summed E-state index contributed by atoms with van der Waals surface area (Å²) in [6, 6.07) is 0. The standard InChI is InChI=1S/C15H26N2S3/c1-6-16(4)11-12(14(19)13(11)18)17(5)10-8-7-9-15(2,3)20/h20H,6-10H2,1-5H3. The Labute approximate surface area is 139 Å². The molecule has 114 valence electrons. The second kappa shape index (κ2) is 7.23. The summed E-state index contributed by atoms with van der Waals surface area (Å²) in [5, 5.41) is 0. The first kappa shape index (κ1) is 17.9. The highest BCUT2D eigenvalue weighted by Gasteiger charge is 2.20. The van der Waals surface area contributed by atoms with E-state index in [9.17, 15) is 0 Å². The van der Waals surface area contributed by atoms with E-state index in [1.54, 1.807) is 0 Å². The minimum Gasteiger partial charge on any atom is -0.372 e. The van der Waals surface area contributed by atoms with Crippen LogP contribution in [0.25, 0.3) is 0 Å². The number of thiol groups is 1. The van der Waals surface area contributed by atoms with Crippen molar-refractivity contribution in [2.75, 3.05) is 37.0 Å². The van der Waals surface area contributed by atoms with Gasteiger partial charge in [-0.1, -0.05) is 44.7 Å². The normalized spacial score (nSPS) is 11.9. The molecular weight excluding hydrogens is 304 g/mol. The molecule has 0 spiro atoms. The quantitative estimate of drug-likeness (QED) is 0.415. The number of rotatable bonds is 8. The molecule has 0 radical (unpaired) electrons. The average Bonchev–Trinajstić information content (AvgIpc) is 2.37. The summed E-state index contributed by atoms with van der Waals surface area (Å²) in [7, 11) is 4.18. The minimum absolute atomic E-state index is 0.124. The van der Waals surface area contributed by atoms with Crippen LogP contribution in [0.15, 0.2) is 0 Å². The van der Waals surface area contributed by atoms with Gasteiger partial charge in [0.1, 0.15) is 0 Å². The van der Waals surface area contributed by atoms with Crippen LogP contribution in [0.5, 0.6) is 0 Å². The van der Waals surface area contributed by atoms with Gasteiger partial charge in [0, 0.05) is 31.9 Å².